The van der Waals surface area contributed by atoms with Crippen LogP contribution in [0.2, 0.25) is 0 Å². The minimum atomic E-state index is -0.168. The lowest BCUT2D eigenvalue weighted by molar-refractivity contribution is -0.119. The topological polar surface area (TPSA) is 133 Å². The molecule has 0 radical (unpaired) electrons. The first kappa shape index (κ1) is 54.3. The van der Waals surface area contributed by atoms with Crippen LogP contribution in [0.15, 0.2) is 96.0 Å². The van der Waals surface area contributed by atoms with Crippen molar-refractivity contribution >= 4 is 79.7 Å². The van der Waals surface area contributed by atoms with Gasteiger partial charge in [0.25, 0.3) is 11.8 Å². The number of Topliss-reactive ketones (excluding diaryl/α,β-unsaturated/α-hetero) is 1. The molecule has 1 N–H and O–H groups in total. The van der Waals surface area contributed by atoms with Crippen molar-refractivity contribution in [2.75, 3.05) is 71.5 Å². The number of aliphatic imine (C=N–C) groups is 1. The zero-order valence-electron chi connectivity index (χ0n) is 45.1. The number of ether oxygens (including phenoxy) is 3. The van der Waals surface area contributed by atoms with Crippen molar-refractivity contribution in [2.24, 2.45) is 4.99 Å². The number of nitrogens with zero attached hydrogens (tertiary/aromatic N) is 5. The number of amides is 3. The van der Waals surface area contributed by atoms with Gasteiger partial charge in [-0.15, -0.1) is 0 Å². The highest BCUT2D eigenvalue weighted by molar-refractivity contribution is 8.77. The summed E-state index contributed by atoms with van der Waals surface area (Å²) in [7, 11) is 9.16. The molecule has 4 heterocycles. The molecule has 5 aromatic rings. The fourth-order valence-corrected chi connectivity index (χ4v) is 13.6. The third-order valence-electron chi connectivity index (χ3n) is 14.9. The van der Waals surface area contributed by atoms with Gasteiger partial charge in [0, 0.05) is 92.7 Å². The second-order valence-corrected chi connectivity index (χ2v) is 24.3. The van der Waals surface area contributed by atoms with E-state index in [-0.39, 0.29) is 47.8 Å². The van der Waals surface area contributed by atoms with E-state index >= 15 is 0 Å². The van der Waals surface area contributed by atoms with Crippen LogP contribution in [0.5, 0.6) is 17.2 Å². The van der Waals surface area contributed by atoms with Gasteiger partial charge < -0.3 is 39.1 Å². The predicted molar refractivity (Wildman–Crippen MR) is 311 cm³/mol. The maximum Gasteiger partial charge on any atom is 0.260 e. The SMILES string of the molecule is CC=NCCCCCC(=O)CCCSSC(C)(C)CCC(=O)Nc1cc(COc2cc3c(cc2C)C(=O)N2c4ccccc4C[C@@H]2CN3C)cc(COc2cc3c(cc2OC)C(=O)N2c4ccccc4C[C@@H]2CN3C)c1. The van der Waals surface area contributed by atoms with E-state index in [9.17, 15) is 19.2 Å². The molecular formula is C61H72N6O7S2. The second kappa shape index (κ2) is 24.3. The lowest BCUT2D eigenvalue weighted by atomic mass is 10.1. The van der Waals surface area contributed by atoms with Gasteiger partial charge in [-0.05, 0) is 143 Å². The summed E-state index contributed by atoms with van der Waals surface area (Å²) in [5.41, 5.74) is 10.1. The normalized spacial score (nSPS) is 16.6. The Hall–Kier alpha value is -6.45. The van der Waals surface area contributed by atoms with Crippen LogP contribution in [0.1, 0.15) is 121 Å². The molecule has 0 unspecified atom stereocenters. The van der Waals surface area contributed by atoms with Crippen molar-refractivity contribution in [3.8, 4) is 17.2 Å². The van der Waals surface area contributed by atoms with Gasteiger partial charge in [0.15, 0.2) is 11.5 Å². The van der Waals surface area contributed by atoms with E-state index in [2.05, 4.69) is 46.1 Å². The highest BCUT2D eigenvalue weighted by Gasteiger charge is 2.41. The van der Waals surface area contributed by atoms with Crippen molar-refractivity contribution in [1.29, 1.82) is 0 Å². The number of rotatable bonds is 23. The van der Waals surface area contributed by atoms with Crippen molar-refractivity contribution in [3.63, 3.8) is 0 Å². The summed E-state index contributed by atoms with van der Waals surface area (Å²) in [6.45, 7) is 10.7. The highest BCUT2D eigenvalue weighted by Crippen LogP contribution is 2.44. The van der Waals surface area contributed by atoms with Gasteiger partial charge in [-0.2, -0.15) is 0 Å². The number of hydrogen-bond acceptors (Lipinski definition) is 12. The van der Waals surface area contributed by atoms with Crippen LogP contribution in [0.25, 0.3) is 0 Å². The molecule has 3 amide bonds. The number of carbonyl (C=O) groups is 4. The van der Waals surface area contributed by atoms with Gasteiger partial charge in [-0.25, -0.2) is 0 Å². The average molecular weight is 1070 g/mol. The van der Waals surface area contributed by atoms with Gasteiger partial charge in [0.2, 0.25) is 5.91 Å². The molecule has 0 aliphatic carbocycles. The molecule has 76 heavy (non-hydrogen) atoms. The molecule has 9 rings (SSSR count). The van der Waals surface area contributed by atoms with Crippen molar-refractivity contribution < 1.29 is 33.4 Å². The number of hydrogen-bond donors (Lipinski definition) is 1. The molecule has 13 nitrogen and oxygen atoms in total. The first-order valence-electron chi connectivity index (χ1n) is 26.8. The van der Waals surface area contributed by atoms with E-state index < -0.39 is 0 Å². The predicted octanol–water partition coefficient (Wildman–Crippen LogP) is 12.1. The van der Waals surface area contributed by atoms with Gasteiger partial charge in [-0.3, -0.25) is 24.2 Å². The number of unbranched alkanes of at least 4 members (excludes halogenated alkanes) is 2. The zero-order valence-corrected chi connectivity index (χ0v) is 46.7. The Morgan fingerprint density at radius 2 is 1.29 bits per heavy atom. The van der Waals surface area contributed by atoms with Crippen molar-refractivity contribution in [2.45, 2.75) is 122 Å². The molecular weight excluding hydrogens is 993 g/mol. The van der Waals surface area contributed by atoms with Gasteiger partial charge in [-0.1, -0.05) is 64.4 Å². The van der Waals surface area contributed by atoms with E-state index in [1.807, 2.05) is 117 Å². The zero-order chi connectivity index (χ0) is 53.5. The Kier molecular flexibility index (Phi) is 17.3. The number of para-hydroxylation sites is 2. The monoisotopic (exact) mass is 1060 g/mol. The van der Waals surface area contributed by atoms with E-state index in [4.69, 9.17) is 14.2 Å². The Morgan fingerprint density at radius 3 is 1.91 bits per heavy atom. The van der Waals surface area contributed by atoms with Gasteiger partial charge in [0.1, 0.15) is 24.7 Å². The first-order valence-corrected chi connectivity index (χ1v) is 29.1. The number of carbonyl (C=O) groups excluding carboxylic acids is 4. The van der Waals surface area contributed by atoms with Crippen LogP contribution in [0.3, 0.4) is 0 Å². The molecule has 0 spiro atoms. The molecule has 0 aromatic heterocycles. The third kappa shape index (κ3) is 12.5. The first-order chi connectivity index (χ1) is 36.7. The second-order valence-electron chi connectivity index (χ2n) is 21.2. The quantitative estimate of drug-likeness (QED) is 0.0381. The Balaban J connectivity index is 0.888. The average Bonchev–Trinajstić information content (AvgIpc) is 3.94. The van der Waals surface area contributed by atoms with E-state index in [0.717, 1.165) is 90.3 Å². The van der Waals surface area contributed by atoms with Crippen LogP contribution in [0, 0.1) is 6.92 Å². The molecule has 4 aliphatic rings. The molecule has 400 valence electrons. The molecule has 0 bridgehead atoms. The fraction of sp³-hybridized carbons (Fsp3) is 0.426. The molecule has 4 aliphatic heterocycles. The largest absolute Gasteiger partial charge is 0.493 e. The number of fused-ring (bicyclic) bond motifs is 8. The summed E-state index contributed by atoms with van der Waals surface area (Å²) >= 11 is 0. The van der Waals surface area contributed by atoms with Gasteiger partial charge >= 0.3 is 0 Å². The lowest BCUT2D eigenvalue weighted by Gasteiger charge is -2.25. The maximum absolute atomic E-state index is 14.3. The van der Waals surface area contributed by atoms with E-state index in [1.54, 1.807) is 34.8 Å². The maximum atomic E-state index is 14.3. The Labute approximate surface area is 456 Å². The smallest absolute Gasteiger partial charge is 0.260 e. The minimum absolute atomic E-state index is 0.00149. The molecule has 0 saturated carbocycles. The summed E-state index contributed by atoms with van der Waals surface area (Å²) in [6, 6.07) is 29.8. The van der Waals surface area contributed by atoms with Crippen LogP contribution in [0.4, 0.5) is 28.4 Å². The molecule has 2 atom stereocenters. The highest BCUT2D eigenvalue weighted by atomic mass is 33.1. The Morgan fingerprint density at radius 1 is 0.711 bits per heavy atom. The number of methoxy groups -OCH3 is 1. The number of anilines is 5. The lowest BCUT2D eigenvalue weighted by Crippen LogP contribution is -2.41. The minimum Gasteiger partial charge on any atom is -0.493 e. The Bertz CT molecular complexity index is 3000. The molecule has 0 fully saturated rings. The van der Waals surface area contributed by atoms with Crippen molar-refractivity contribution in [3.05, 3.63) is 130 Å². The van der Waals surface area contributed by atoms with Crippen LogP contribution >= 0.6 is 21.6 Å². The van der Waals surface area contributed by atoms with Crippen LogP contribution in [-0.2, 0) is 35.6 Å². The number of likely N-dealkylation sites (N-methyl/N-ethyl adjacent to an activating group) is 2. The van der Waals surface area contributed by atoms with Crippen LogP contribution < -0.4 is 39.1 Å². The van der Waals surface area contributed by atoms with Crippen LogP contribution in [-0.4, -0.2) is 93.1 Å². The number of benzene rings is 5. The molecule has 0 saturated heterocycles. The third-order valence-corrected chi connectivity index (χ3v) is 18.3. The summed E-state index contributed by atoms with van der Waals surface area (Å²) in [4.78, 5) is 67.2. The standard InChI is InChI=1S/C61H72N6O7S2/c1-8-62-25-15-9-10-19-48(68)20-16-26-75-76-61(3,4)24-23-58(69)63-45-29-41(38-73-55-34-53-49(27-40(55)2)59(70)66-46(36-64(53)5)31-43-17-11-13-21-51(43)66)28-42(30-45)39-74-57-35-54-50(33-56(57)72-7)60(71)67-47(37-65(54)6)32-44-18-12-14-22-52(44)67/h8,11-14,17-18,21-22,27-30,33-35,46-47H,9-10,15-16,19-20,23-26,31-32,36-39H2,1-7H3,(H,63,69)/t46-,47-/m1/s1. The van der Waals surface area contributed by atoms with E-state index in [0.29, 0.717) is 78.6 Å². The fourth-order valence-electron chi connectivity index (χ4n) is 11.0. The summed E-state index contributed by atoms with van der Waals surface area (Å²) < 4.78 is 18.9. The molecule has 5 aromatic carbocycles. The summed E-state index contributed by atoms with van der Waals surface area (Å²) in [5.74, 6) is 2.64. The number of aryl methyl sites for hydroxylation is 1. The van der Waals surface area contributed by atoms with Crippen molar-refractivity contribution in [1.82, 2.24) is 0 Å². The number of nitrogens with one attached hydrogen (secondary N) is 1. The summed E-state index contributed by atoms with van der Waals surface area (Å²) in [5, 5.41) is 3.18. The van der Waals surface area contributed by atoms with Gasteiger partial charge in [0.05, 0.1) is 41.7 Å². The summed E-state index contributed by atoms with van der Waals surface area (Å²) in [6.07, 6.45) is 9.49. The van der Waals surface area contributed by atoms with E-state index in [1.165, 1.54) is 11.1 Å². The molecule has 15 heteroatoms. The number of ketones is 1.